The van der Waals surface area contributed by atoms with Gasteiger partial charge in [0, 0.05) is 17.8 Å². The van der Waals surface area contributed by atoms with Crippen molar-refractivity contribution in [3.8, 4) is 0 Å². The van der Waals surface area contributed by atoms with Crippen LogP contribution in [-0.4, -0.2) is 21.8 Å². The number of nitrogens with zero attached hydrogens (tertiary/aromatic N) is 1. The minimum atomic E-state index is -0.657. The van der Waals surface area contributed by atoms with Gasteiger partial charge in [-0.15, -0.1) is 11.3 Å². The lowest BCUT2D eigenvalue weighted by Crippen LogP contribution is -2.15. The second-order valence-electron chi connectivity index (χ2n) is 5.01. The van der Waals surface area contributed by atoms with Crippen LogP contribution in [0.4, 0.5) is 5.13 Å². The highest BCUT2D eigenvalue weighted by atomic mass is 32.1. The van der Waals surface area contributed by atoms with Gasteiger partial charge in [0.2, 0.25) is 5.91 Å². The Labute approximate surface area is 140 Å². The number of benzene rings is 1. The molecule has 2 aromatic heterocycles. The molecule has 0 unspecified atom stereocenters. The van der Waals surface area contributed by atoms with Crippen LogP contribution in [0.2, 0.25) is 0 Å². The molecule has 0 spiro atoms. The number of H-pyrrole nitrogens is 1. The molecule has 3 aromatic rings. The van der Waals surface area contributed by atoms with Crippen molar-refractivity contribution in [3.05, 3.63) is 57.3 Å². The van der Waals surface area contributed by atoms with Crippen LogP contribution in [0.1, 0.15) is 23.0 Å². The Hall–Kier alpha value is -3.00. The topological polar surface area (TPSA) is 101 Å². The predicted octanol–water partition coefficient (Wildman–Crippen LogP) is 2.30. The highest BCUT2D eigenvalue weighted by Crippen LogP contribution is 2.16. The van der Waals surface area contributed by atoms with Gasteiger partial charge in [-0.05, 0) is 17.5 Å². The lowest BCUT2D eigenvalue weighted by molar-refractivity contribution is -0.114. The second kappa shape index (κ2) is 6.63. The van der Waals surface area contributed by atoms with Gasteiger partial charge in [-0.1, -0.05) is 18.2 Å². The van der Waals surface area contributed by atoms with Crippen LogP contribution in [0.25, 0.3) is 10.9 Å². The summed E-state index contributed by atoms with van der Waals surface area (Å²) < 4.78 is 5.13. The van der Waals surface area contributed by atoms with Crippen LogP contribution in [0.3, 0.4) is 0 Å². The summed E-state index contributed by atoms with van der Waals surface area (Å²) >= 11 is 1.12. The monoisotopic (exact) mass is 343 g/mol. The number of thiazole rings is 1. The SMILES string of the molecule is CC(=O)Nc1nc(C(=O)OCc2cc3ccccc3[nH]c2=O)cs1. The Kier molecular flexibility index (Phi) is 4.39. The number of rotatable bonds is 4. The molecule has 0 aliphatic carbocycles. The van der Waals surface area contributed by atoms with Crippen LogP contribution >= 0.6 is 11.3 Å². The molecule has 24 heavy (non-hydrogen) atoms. The highest BCUT2D eigenvalue weighted by molar-refractivity contribution is 7.14. The molecule has 0 bridgehead atoms. The van der Waals surface area contributed by atoms with E-state index in [1.54, 1.807) is 12.1 Å². The molecule has 7 nitrogen and oxygen atoms in total. The first-order valence-corrected chi connectivity index (χ1v) is 7.92. The quantitative estimate of drug-likeness (QED) is 0.708. The lowest BCUT2D eigenvalue weighted by atomic mass is 10.1. The van der Waals surface area contributed by atoms with Crippen molar-refractivity contribution in [2.75, 3.05) is 5.32 Å². The molecule has 0 saturated carbocycles. The van der Waals surface area contributed by atoms with Crippen molar-refractivity contribution in [1.29, 1.82) is 0 Å². The van der Waals surface area contributed by atoms with Crippen LogP contribution in [0, 0.1) is 0 Å². The smallest absolute Gasteiger partial charge is 0.358 e. The van der Waals surface area contributed by atoms with Crippen molar-refractivity contribution >= 4 is 39.2 Å². The molecule has 0 atom stereocenters. The molecule has 0 fully saturated rings. The predicted molar refractivity (Wildman–Crippen MR) is 90.1 cm³/mol. The van der Waals surface area contributed by atoms with E-state index in [9.17, 15) is 14.4 Å². The Morgan fingerprint density at radius 2 is 2.12 bits per heavy atom. The van der Waals surface area contributed by atoms with Gasteiger partial charge in [-0.2, -0.15) is 0 Å². The summed E-state index contributed by atoms with van der Waals surface area (Å²) in [7, 11) is 0. The van der Waals surface area contributed by atoms with E-state index in [1.807, 2.05) is 18.2 Å². The molecule has 3 rings (SSSR count). The number of carbonyl (C=O) groups is 2. The van der Waals surface area contributed by atoms with Crippen molar-refractivity contribution in [1.82, 2.24) is 9.97 Å². The first-order chi connectivity index (χ1) is 11.5. The molecule has 122 valence electrons. The minimum absolute atomic E-state index is 0.0842. The number of para-hydroxylation sites is 1. The van der Waals surface area contributed by atoms with Gasteiger partial charge in [0.1, 0.15) is 6.61 Å². The molecule has 0 aliphatic rings. The van der Waals surface area contributed by atoms with Gasteiger partial charge in [-0.3, -0.25) is 9.59 Å². The third-order valence-corrected chi connectivity index (χ3v) is 3.94. The number of hydrogen-bond donors (Lipinski definition) is 2. The normalized spacial score (nSPS) is 10.5. The summed E-state index contributed by atoms with van der Waals surface area (Å²) in [5.41, 5.74) is 0.844. The van der Waals surface area contributed by atoms with E-state index < -0.39 is 5.97 Å². The molecule has 0 radical (unpaired) electrons. The van der Waals surface area contributed by atoms with Gasteiger partial charge in [-0.25, -0.2) is 9.78 Å². The number of carbonyl (C=O) groups excluding carboxylic acids is 2. The molecule has 1 aromatic carbocycles. The maximum absolute atomic E-state index is 12.0. The zero-order valence-corrected chi connectivity index (χ0v) is 13.5. The largest absolute Gasteiger partial charge is 0.456 e. The summed E-state index contributed by atoms with van der Waals surface area (Å²) in [6.45, 7) is 1.19. The fourth-order valence-electron chi connectivity index (χ4n) is 2.09. The number of esters is 1. The van der Waals surface area contributed by atoms with Gasteiger partial charge >= 0.3 is 5.97 Å². The zero-order valence-electron chi connectivity index (χ0n) is 12.7. The summed E-state index contributed by atoms with van der Waals surface area (Å²) in [6.07, 6.45) is 0. The molecule has 8 heteroatoms. The number of ether oxygens (including phenoxy) is 1. The second-order valence-corrected chi connectivity index (χ2v) is 5.86. The first-order valence-electron chi connectivity index (χ1n) is 7.04. The number of aromatic amines is 1. The van der Waals surface area contributed by atoms with Crippen molar-refractivity contribution in [2.24, 2.45) is 0 Å². The third-order valence-electron chi connectivity index (χ3n) is 3.19. The Morgan fingerprint density at radius 1 is 1.33 bits per heavy atom. The summed E-state index contributed by atoms with van der Waals surface area (Å²) in [5, 5.41) is 5.14. The van der Waals surface area contributed by atoms with Crippen molar-refractivity contribution in [3.63, 3.8) is 0 Å². The van der Waals surface area contributed by atoms with E-state index in [1.165, 1.54) is 12.3 Å². The molecule has 0 aliphatic heterocycles. The number of hydrogen-bond acceptors (Lipinski definition) is 6. The fourth-order valence-corrected chi connectivity index (χ4v) is 2.82. The molecule has 2 heterocycles. The average molecular weight is 343 g/mol. The first kappa shape index (κ1) is 15.9. The summed E-state index contributed by atoms with van der Waals surface area (Å²) in [6, 6.07) is 9.02. The number of aromatic nitrogens is 2. The molecule has 2 N–H and O–H groups in total. The van der Waals surface area contributed by atoms with E-state index in [2.05, 4.69) is 15.3 Å². The molecular weight excluding hydrogens is 330 g/mol. The van der Waals surface area contributed by atoms with Crippen LogP contribution in [0.5, 0.6) is 0 Å². The average Bonchev–Trinajstić information content (AvgIpc) is 3.00. The van der Waals surface area contributed by atoms with Gasteiger partial charge < -0.3 is 15.0 Å². The molecule has 1 amide bonds. The van der Waals surface area contributed by atoms with E-state index >= 15 is 0 Å². The van der Waals surface area contributed by atoms with Crippen LogP contribution in [0.15, 0.2) is 40.5 Å². The standard InChI is InChI=1S/C16H13N3O4S/c1-9(20)17-16-19-13(8-24-16)15(22)23-7-11-6-10-4-2-3-5-12(10)18-14(11)21/h2-6,8H,7H2,1H3,(H,18,21)(H,17,19,20). The number of anilines is 1. The van der Waals surface area contributed by atoms with E-state index in [0.29, 0.717) is 10.7 Å². The number of pyridine rings is 1. The Bertz CT molecular complexity index is 977. The minimum Gasteiger partial charge on any atom is -0.456 e. The summed E-state index contributed by atoms with van der Waals surface area (Å²) in [5.74, 6) is -0.928. The Balaban J connectivity index is 1.72. The van der Waals surface area contributed by atoms with Crippen molar-refractivity contribution < 1.29 is 14.3 Å². The van der Waals surface area contributed by atoms with Crippen LogP contribution < -0.4 is 10.9 Å². The number of nitrogens with one attached hydrogen (secondary N) is 2. The molecule has 0 saturated heterocycles. The van der Waals surface area contributed by atoms with E-state index in [-0.39, 0.29) is 23.8 Å². The van der Waals surface area contributed by atoms with Crippen LogP contribution in [-0.2, 0) is 16.1 Å². The van der Waals surface area contributed by atoms with Gasteiger partial charge in [0.25, 0.3) is 5.56 Å². The number of fused-ring (bicyclic) bond motifs is 1. The van der Waals surface area contributed by atoms with E-state index in [0.717, 1.165) is 22.2 Å². The van der Waals surface area contributed by atoms with Gasteiger partial charge in [0.05, 0.1) is 5.56 Å². The maximum Gasteiger partial charge on any atom is 0.358 e. The maximum atomic E-state index is 12.0. The third kappa shape index (κ3) is 3.49. The lowest BCUT2D eigenvalue weighted by Gasteiger charge is -2.04. The number of amides is 1. The Morgan fingerprint density at radius 3 is 2.92 bits per heavy atom. The van der Waals surface area contributed by atoms with Crippen molar-refractivity contribution in [2.45, 2.75) is 13.5 Å². The molecular formula is C16H13N3O4S. The van der Waals surface area contributed by atoms with Gasteiger partial charge in [0.15, 0.2) is 10.8 Å². The fraction of sp³-hybridized carbons (Fsp3) is 0.125. The summed E-state index contributed by atoms with van der Waals surface area (Å²) in [4.78, 5) is 41.6. The highest BCUT2D eigenvalue weighted by Gasteiger charge is 2.14. The zero-order chi connectivity index (χ0) is 17.1. The van der Waals surface area contributed by atoms with E-state index in [4.69, 9.17) is 4.74 Å².